The lowest BCUT2D eigenvalue weighted by Crippen LogP contribution is -2.27. The number of benzene rings is 1. The van der Waals surface area contributed by atoms with Gasteiger partial charge in [-0.3, -0.25) is 0 Å². The molecule has 1 nitrogen and oxygen atoms in total. The summed E-state index contributed by atoms with van der Waals surface area (Å²) in [5.41, 5.74) is 1.66. The molecule has 1 aromatic rings. The molecule has 2 fully saturated rings. The summed E-state index contributed by atoms with van der Waals surface area (Å²) >= 11 is 0. The molecule has 3 atom stereocenters. The fourth-order valence-electron chi connectivity index (χ4n) is 3.28. The van der Waals surface area contributed by atoms with E-state index in [1.54, 1.807) is 0 Å². The summed E-state index contributed by atoms with van der Waals surface area (Å²) in [6.07, 6.45) is 3.93. The maximum atomic E-state index is 9.67. The van der Waals surface area contributed by atoms with Crippen LogP contribution in [0.2, 0.25) is 0 Å². The van der Waals surface area contributed by atoms with Crippen LogP contribution in [0.3, 0.4) is 0 Å². The van der Waals surface area contributed by atoms with Crippen molar-refractivity contribution in [3.8, 4) is 0 Å². The van der Waals surface area contributed by atoms with Crippen molar-refractivity contribution in [2.24, 2.45) is 17.3 Å². The zero-order valence-electron chi connectivity index (χ0n) is 9.89. The monoisotopic (exact) mass is 216 g/mol. The molecule has 3 unspecified atom stereocenters. The Morgan fingerprint density at radius 1 is 1.25 bits per heavy atom. The Morgan fingerprint density at radius 3 is 2.50 bits per heavy atom. The third kappa shape index (κ3) is 1.58. The van der Waals surface area contributed by atoms with Gasteiger partial charge in [0.1, 0.15) is 0 Å². The first-order valence-electron chi connectivity index (χ1n) is 6.41. The summed E-state index contributed by atoms with van der Waals surface area (Å²) < 4.78 is 0. The number of aliphatic hydroxyl groups is 1. The van der Waals surface area contributed by atoms with E-state index in [-0.39, 0.29) is 5.41 Å². The molecule has 0 saturated heterocycles. The molecule has 2 aliphatic rings. The lowest BCUT2D eigenvalue weighted by atomic mass is 9.79. The predicted octanol–water partition coefficient (Wildman–Crippen LogP) is 3.20. The first kappa shape index (κ1) is 10.3. The van der Waals surface area contributed by atoms with Crippen molar-refractivity contribution >= 4 is 0 Å². The molecule has 0 spiro atoms. The number of aliphatic hydroxyl groups excluding tert-OH is 1. The van der Waals surface area contributed by atoms with E-state index >= 15 is 0 Å². The third-order valence-electron chi connectivity index (χ3n) is 4.72. The molecule has 0 aliphatic heterocycles. The molecule has 3 rings (SSSR count). The van der Waals surface area contributed by atoms with Gasteiger partial charge in [-0.15, -0.1) is 0 Å². The van der Waals surface area contributed by atoms with Crippen molar-refractivity contribution in [3.63, 3.8) is 0 Å². The molecular weight excluding hydrogens is 196 g/mol. The van der Waals surface area contributed by atoms with Crippen LogP contribution < -0.4 is 0 Å². The van der Waals surface area contributed by atoms with Crippen LogP contribution in [0, 0.1) is 17.3 Å². The topological polar surface area (TPSA) is 20.2 Å². The molecule has 1 aromatic carbocycles. The van der Waals surface area contributed by atoms with Crippen LogP contribution in [0.25, 0.3) is 0 Å². The average molecular weight is 216 g/mol. The van der Waals surface area contributed by atoms with Crippen LogP contribution >= 0.6 is 0 Å². The number of hydrogen-bond acceptors (Lipinski definition) is 1. The quantitative estimate of drug-likeness (QED) is 0.819. The standard InChI is InChI=1S/C15H20O/c1-15(10-16,12-7-8-12)14-9-13(14)11-5-3-2-4-6-11/h2-6,12-14,16H,7-10H2,1H3. The normalized spacial score (nSPS) is 32.1. The Balaban J connectivity index is 1.75. The van der Waals surface area contributed by atoms with Gasteiger partial charge in [0.15, 0.2) is 0 Å². The summed E-state index contributed by atoms with van der Waals surface area (Å²) in [6.45, 7) is 2.66. The van der Waals surface area contributed by atoms with Crippen molar-refractivity contribution in [1.29, 1.82) is 0 Å². The fraction of sp³-hybridized carbons (Fsp3) is 0.600. The molecule has 2 aliphatic carbocycles. The highest BCUT2D eigenvalue weighted by atomic mass is 16.3. The second kappa shape index (κ2) is 3.59. The van der Waals surface area contributed by atoms with Crippen molar-refractivity contribution in [1.82, 2.24) is 0 Å². The van der Waals surface area contributed by atoms with Crippen molar-refractivity contribution in [3.05, 3.63) is 35.9 Å². The van der Waals surface area contributed by atoms with Crippen LogP contribution in [-0.4, -0.2) is 11.7 Å². The van der Waals surface area contributed by atoms with E-state index in [4.69, 9.17) is 0 Å². The Kier molecular flexibility index (Phi) is 2.32. The smallest absolute Gasteiger partial charge is 0.0490 e. The predicted molar refractivity (Wildman–Crippen MR) is 65.2 cm³/mol. The highest BCUT2D eigenvalue weighted by Gasteiger charge is 2.56. The molecule has 2 saturated carbocycles. The SMILES string of the molecule is CC(CO)(C1CC1)C1CC1c1ccccc1. The second-order valence-electron chi connectivity index (χ2n) is 5.80. The van der Waals surface area contributed by atoms with Crippen LogP contribution in [0.4, 0.5) is 0 Å². The molecule has 86 valence electrons. The molecule has 1 heteroatoms. The van der Waals surface area contributed by atoms with Gasteiger partial charge >= 0.3 is 0 Å². The first-order chi connectivity index (χ1) is 7.75. The summed E-state index contributed by atoms with van der Waals surface area (Å²) in [4.78, 5) is 0. The Morgan fingerprint density at radius 2 is 1.94 bits per heavy atom. The molecule has 0 amide bonds. The van der Waals surface area contributed by atoms with Gasteiger partial charge in [0.05, 0.1) is 0 Å². The first-order valence-corrected chi connectivity index (χ1v) is 6.41. The van der Waals surface area contributed by atoms with Gasteiger partial charge in [-0.1, -0.05) is 37.3 Å². The Bertz CT molecular complexity index is 368. The van der Waals surface area contributed by atoms with E-state index in [2.05, 4.69) is 37.3 Å². The van der Waals surface area contributed by atoms with Crippen LogP contribution in [0.1, 0.15) is 37.7 Å². The van der Waals surface area contributed by atoms with Gasteiger partial charge in [0, 0.05) is 6.61 Å². The average Bonchev–Trinajstić information content (AvgIpc) is 3.20. The van der Waals surface area contributed by atoms with Crippen LogP contribution in [0.15, 0.2) is 30.3 Å². The molecule has 1 N–H and O–H groups in total. The number of hydrogen-bond donors (Lipinski definition) is 1. The van der Waals surface area contributed by atoms with Gasteiger partial charge in [0.25, 0.3) is 0 Å². The summed E-state index contributed by atoms with van der Waals surface area (Å²) in [6, 6.07) is 10.8. The van der Waals surface area contributed by atoms with E-state index < -0.39 is 0 Å². The van der Waals surface area contributed by atoms with Gasteiger partial charge in [0.2, 0.25) is 0 Å². The second-order valence-corrected chi connectivity index (χ2v) is 5.80. The molecule has 0 bridgehead atoms. The molecule has 0 heterocycles. The van der Waals surface area contributed by atoms with Gasteiger partial charge in [-0.2, -0.15) is 0 Å². The lowest BCUT2D eigenvalue weighted by molar-refractivity contribution is 0.0945. The zero-order valence-corrected chi connectivity index (χ0v) is 9.89. The molecule has 0 aromatic heterocycles. The molecular formula is C15H20O. The lowest BCUT2D eigenvalue weighted by Gasteiger charge is -2.28. The van der Waals surface area contributed by atoms with E-state index in [9.17, 15) is 5.11 Å². The summed E-state index contributed by atoms with van der Waals surface area (Å²) in [5.74, 6) is 2.21. The minimum atomic E-state index is 0.195. The Hall–Kier alpha value is -0.820. The minimum Gasteiger partial charge on any atom is -0.396 e. The number of rotatable bonds is 4. The van der Waals surface area contributed by atoms with E-state index in [1.807, 2.05) is 0 Å². The van der Waals surface area contributed by atoms with Gasteiger partial charge in [-0.05, 0) is 48.0 Å². The maximum absolute atomic E-state index is 9.67. The van der Waals surface area contributed by atoms with Crippen molar-refractivity contribution in [2.45, 2.75) is 32.1 Å². The van der Waals surface area contributed by atoms with Crippen LogP contribution in [-0.2, 0) is 0 Å². The minimum absolute atomic E-state index is 0.195. The summed E-state index contributed by atoms with van der Waals surface area (Å²) in [5, 5.41) is 9.67. The molecule has 16 heavy (non-hydrogen) atoms. The van der Waals surface area contributed by atoms with E-state index in [1.165, 1.54) is 24.8 Å². The highest BCUT2D eigenvalue weighted by molar-refractivity contribution is 5.27. The van der Waals surface area contributed by atoms with Gasteiger partial charge < -0.3 is 5.11 Å². The van der Waals surface area contributed by atoms with Crippen molar-refractivity contribution in [2.75, 3.05) is 6.61 Å². The van der Waals surface area contributed by atoms with E-state index in [0.717, 1.165) is 5.92 Å². The third-order valence-corrected chi connectivity index (χ3v) is 4.72. The Labute approximate surface area is 97.5 Å². The highest BCUT2D eigenvalue weighted by Crippen LogP contribution is 2.63. The summed E-state index contributed by atoms with van der Waals surface area (Å²) in [7, 11) is 0. The van der Waals surface area contributed by atoms with Crippen molar-refractivity contribution < 1.29 is 5.11 Å². The zero-order chi connectivity index (χ0) is 11.2. The molecule has 0 radical (unpaired) electrons. The maximum Gasteiger partial charge on any atom is 0.0490 e. The van der Waals surface area contributed by atoms with Crippen LogP contribution in [0.5, 0.6) is 0 Å². The largest absolute Gasteiger partial charge is 0.396 e. The van der Waals surface area contributed by atoms with Gasteiger partial charge in [-0.25, -0.2) is 0 Å². The fourth-order valence-corrected chi connectivity index (χ4v) is 3.28. The van der Waals surface area contributed by atoms with E-state index in [0.29, 0.717) is 18.4 Å².